The van der Waals surface area contributed by atoms with Crippen LogP contribution in [0.1, 0.15) is 11.1 Å². The second kappa shape index (κ2) is 9.43. The second-order valence-corrected chi connectivity index (χ2v) is 7.36. The third-order valence-corrected chi connectivity index (χ3v) is 4.91. The number of imidazole rings is 1. The number of H-pyrrole nitrogens is 2. The van der Waals surface area contributed by atoms with E-state index >= 15 is 0 Å². The number of fused-ring (bicyclic) bond motifs is 1. The van der Waals surface area contributed by atoms with Crippen LogP contribution in [0.25, 0.3) is 11.0 Å². The van der Waals surface area contributed by atoms with Gasteiger partial charge in [0.2, 0.25) is 0 Å². The first-order valence-electron chi connectivity index (χ1n) is 9.99. The zero-order valence-corrected chi connectivity index (χ0v) is 16.6. The number of hydrogen-bond acceptors (Lipinski definition) is 4. The fourth-order valence-corrected chi connectivity index (χ4v) is 3.56. The number of benzene rings is 3. The van der Waals surface area contributed by atoms with E-state index in [1.54, 1.807) is 12.1 Å². The molecule has 6 nitrogen and oxygen atoms in total. The first kappa shape index (κ1) is 19.9. The highest BCUT2D eigenvalue weighted by Crippen LogP contribution is 2.21. The van der Waals surface area contributed by atoms with Gasteiger partial charge in [0.1, 0.15) is 24.0 Å². The van der Waals surface area contributed by atoms with Crippen molar-refractivity contribution in [2.24, 2.45) is 0 Å². The molecular formula is C24H25N3O3. The summed E-state index contributed by atoms with van der Waals surface area (Å²) in [7, 11) is 0. The number of aromatic nitrogens is 2. The number of para-hydroxylation sites is 1. The van der Waals surface area contributed by atoms with E-state index in [1.807, 2.05) is 42.5 Å². The summed E-state index contributed by atoms with van der Waals surface area (Å²) in [6.45, 7) is 2.05. The molecule has 0 saturated carbocycles. The lowest BCUT2D eigenvalue weighted by Gasteiger charge is -2.25. The molecule has 0 radical (unpaired) electrons. The maximum absolute atomic E-state index is 11.5. The van der Waals surface area contributed by atoms with Gasteiger partial charge in [0.05, 0.1) is 5.52 Å². The predicted octanol–water partition coefficient (Wildman–Crippen LogP) is 3.30. The van der Waals surface area contributed by atoms with Crippen molar-refractivity contribution in [2.75, 3.05) is 13.2 Å². The van der Waals surface area contributed by atoms with Gasteiger partial charge < -0.3 is 19.8 Å². The Bertz CT molecular complexity index is 1080. The lowest BCUT2D eigenvalue weighted by Crippen LogP contribution is -2.35. The number of aliphatic hydroxyl groups is 1. The van der Waals surface area contributed by atoms with Gasteiger partial charge in [0.15, 0.2) is 0 Å². The van der Waals surface area contributed by atoms with Crippen LogP contribution in [-0.2, 0) is 13.1 Å². The minimum Gasteiger partial charge on any atom is -0.489 e. The van der Waals surface area contributed by atoms with E-state index in [9.17, 15) is 9.90 Å². The number of aliphatic hydroxyl groups excluding tert-OH is 1. The van der Waals surface area contributed by atoms with Crippen LogP contribution in [0.2, 0.25) is 0 Å². The highest BCUT2D eigenvalue weighted by molar-refractivity contribution is 5.80. The van der Waals surface area contributed by atoms with Crippen molar-refractivity contribution in [3.05, 3.63) is 100 Å². The van der Waals surface area contributed by atoms with Crippen LogP contribution in [0.3, 0.4) is 0 Å². The van der Waals surface area contributed by atoms with Gasteiger partial charge in [0, 0.05) is 19.6 Å². The first-order valence-corrected chi connectivity index (χ1v) is 9.99. The molecule has 1 unspecified atom stereocenters. The summed E-state index contributed by atoms with van der Waals surface area (Å²) >= 11 is 0. The van der Waals surface area contributed by atoms with E-state index in [0.717, 1.165) is 13.1 Å². The highest BCUT2D eigenvalue weighted by atomic mass is 16.5. The summed E-state index contributed by atoms with van der Waals surface area (Å²) < 4.78 is 5.83. The SMILES string of the molecule is O=c1[nH]c2cccc(OCC(O)CN(Cc3ccccc3)Cc3ccccc3)c2[nH]1. The molecule has 0 fully saturated rings. The molecule has 1 atom stereocenters. The van der Waals surface area contributed by atoms with Crippen molar-refractivity contribution in [3.63, 3.8) is 0 Å². The van der Waals surface area contributed by atoms with Crippen molar-refractivity contribution < 1.29 is 9.84 Å². The Balaban J connectivity index is 1.42. The molecule has 0 aliphatic heterocycles. The summed E-state index contributed by atoms with van der Waals surface area (Å²) in [6.07, 6.45) is -0.682. The number of nitrogens with zero attached hydrogens (tertiary/aromatic N) is 1. The molecule has 30 heavy (non-hydrogen) atoms. The van der Waals surface area contributed by atoms with Crippen LogP contribution < -0.4 is 10.4 Å². The third-order valence-electron chi connectivity index (χ3n) is 4.91. The normalized spacial score (nSPS) is 12.3. The Morgan fingerprint density at radius 3 is 2.10 bits per heavy atom. The molecule has 154 valence electrons. The molecular weight excluding hydrogens is 378 g/mol. The molecule has 1 heterocycles. The van der Waals surface area contributed by atoms with Crippen molar-refractivity contribution in [1.82, 2.24) is 14.9 Å². The summed E-state index contributed by atoms with van der Waals surface area (Å²) in [5, 5.41) is 10.7. The molecule has 4 aromatic rings. The highest BCUT2D eigenvalue weighted by Gasteiger charge is 2.15. The van der Waals surface area contributed by atoms with Gasteiger partial charge in [-0.15, -0.1) is 0 Å². The van der Waals surface area contributed by atoms with E-state index in [2.05, 4.69) is 39.1 Å². The first-order chi connectivity index (χ1) is 14.7. The van der Waals surface area contributed by atoms with Gasteiger partial charge in [-0.25, -0.2) is 4.79 Å². The Labute approximate surface area is 174 Å². The van der Waals surface area contributed by atoms with Gasteiger partial charge in [0.25, 0.3) is 0 Å². The summed E-state index contributed by atoms with van der Waals surface area (Å²) in [5.41, 5.74) is 3.40. The van der Waals surface area contributed by atoms with Crippen LogP contribution in [0.15, 0.2) is 83.7 Å². The molecule has 3 N–H and O–H groups in total. The Morgan fingerprint density at radius 1 is 0.833 bits per heavy atom. The molecule has 0 spiro atoms. The minimum absolute atomic E-state index is 0.131. The van der Waals surface area contributed by atoms with Gasteiger partial charge in [-0.1, -0.05) is 66.7 Å². The number of hydrogen-bond donors (Lipinski definition) is 3. The maximum atomic E-state index is 11.5. The average Bonchev–Trinajstić information content (AvgIpc) is 3.14. The van der Waals surface area contributed by atoms with E-state index in [4.69, 9.17) is 4.74 Å². The summed E-state index contributed by atoms with van der Waals surface area (Å²) in [4.78, 5) is 19.2. The van der Waals surface area contributed by atoms with Gasteiger partial charge in [-0.2, -0.15) is 0 Å². The molecule has 0 saturated heterocycles. The maximum Gasteiger partial charge on any atom is 0.323 e. The zero-order valence-electron chi connectivity index (χ0n) is 16.6. The van der Waals surface area contributed by atoms with Crippen LogP contribution >= 0.6 is 0 Å². The Hall–Kier alpha value is -3.35. The molecule has 3 aromatic carbocycles. The monoisotopic (exact) mass is 403 g/mol. The predicted molar refractivity (Wildman–Crippen MR) is 117 cm³/mol. The molecule has 1 aromatic heterocycles. The van der Waals surface area contributed by atoms with Crippen LogP contribution in [0.5, 0.6) is 5.75 Å². The third kappa shape index (κ3) is 5.17. The minimum atomic E-state index is -0.682. The fourth-order valence-electron chi connectivity index (χ4n) is 3.56. The van der Waals surface area contributed by atoms with Crippen molar-refractivity contribution in [2.45, 2.75) is 19.2 Å². The number of rotatable bonds is 9. The number of ether oxygens (including phenoxy) is 1. The van der Waals surface area contributed by atoms with E-state index in [0.29, 0.717) is 23.3 Å². The zero-order chi connectivity index (χ0) is 20.8. The molecule has 0 amide bonds. The number of nitrogens with one attached hydrogen (secondary N) is 2. The van der Waals surface area contributed by atoms with Crippen molar-refractivity contribution in [1.29, 1.82) is 0 Å². The Kier molecular flexibility index (Phi) is 6.27. The van der Waals surface area contributed by atoms with E-state index in [-0.39, 0.29) is 12.3 Å². The Morgan fingerprint density at radius 2 is 1.47 bits per heavy atom. The second-order valence-electron chi connectivity index (χ2n) is 7.36. The van der Waals surface area contributed by atoms with Crippen LogP contribution in [-0.4, -0.2) is 39.2 Å². The largest absolute Gasteiger partial charge is 0.489 e. The smallest absolute Gasteiger partial charge is 0.323 e. The van der Waals surface area contributed by atoms with Crippen molar-refractivity contribution >= 4 is 11.0 Å². The molecule has 0 bridgehead atoms. The van der Waals surface area contributed by atoms with Crippen LogP contribution in [0.4, 0.5) is 0 Å². The molecule has 0 aliphatic rings. The molecule has 4 rings (SSSR count). The molecule has 6 heteroatoms. The fraction of sp³-hybridized carbons (Fsp3) is 0.208. The quantitative estimate of drug-likeness (QED) is 0.401. The molecule has 0 aliphatic carbocycles. The number of aromatic amines is 2. The van der Waals surface area contributed by atoms with Gasteiger partial charge in [-0.3, -0.25) is 4.90 Å². The van der Waals surface area contributed by atoms with E-state index < -0.39 is 6.10 Å². The lowest BCUT2D eigenvalue weighted by atomic mass is 10.1. The van der Waals surface area contributed by atoms with Crippen molar-refractivity contribution in [3.8, 4) is 5.75 Å². The standard InChI is InChI=1S/C24H25N3O3/c28-20(17-30-22-13-7-12-21-23(22)26-24(29)25-21)16-27(14-18-8-3-1-4-9-18)15-19-10-5-2-6-11-19/h1-13,20,28H,14-17H2,(H2,25,26,29). The van der Waals surface area contributed by atoms with Gasteiger partial charge >= 0.3 is 5.69 Å². The van der Waals surface area contributed by atoms with E-state index in [1.165, 1.54) is 11.1 Å². The summed E-state index contributed by atoms with van der Waals surface area (Å²) in [5.74, 6) is 0.544. The topological polar surface area (TPSA) is 81.3 Å². The van der Waals surface area contributed by atoms with Gasteiger partial charge in [-0.05, 0) is 23.3 Å². The van der Waals surface area contributed by atoms with Crippen LogP contribution in [0, 0.1) is 0 Å². The summed E-state index contributed by atoms with van der Waals surface area (Å²) in [6, 6.07) is 25.8. The lowest BCUT2D eigenvalue weighted by molar-refractivity contribution is 0.0633. The average molecular weight is 403 g/mol.